The summed E-state index contributed by atoms with van der Waals surface area (Å²) in [5, 5.41) is 5.51. The minimum absolute atomic E-state index is 0.0711. The topological polar surface area (TPSA) is 72.3 Å². The molecule has 2 fully saturated rings. The second-order valence-electron chi connectivity index (χ2n) is 7.44. The minimum atomic E-state index is -0.469. The van der Waals surface area contributed by atoms with Crippen molar-refractivity contribution in [3.63, 3.8) is 0 Å². The van der Waals surface area contributed by atoms with Crippen LogP contribution < -0.4 is 5.32 Å². The summed E-state index contributed by atoms with van der Waals surface area (Å²) in [6.07, 6.45) is 4.54. The van der Waals surface area contributed by atoms with E-state index < -0.39 is 5.82 Å². The van der Waals surface area contributed by atoms with Crippen molar-refractivity contribution in [2.24, 2.45) is 0 Å². The summed E-state index contributed by atoms with van der Waals surface area (Å²) in [4.78, 5) is 23.9. The molecule has 1 amide bonds. The SMILES string of the molecule is CN1C2COCC1CC(NC(=O)c1cn(-c3cscn3)c3ncc(F)cc13)C2. The van der Waals surface area contributed by atoms with Gasteiger partial charge in [0, 0.05) is 35.1 Å². The molecule has 2 bridgehead atoms. The number of halogens is 1. The van der Waals surface area contributed by atoms with Crippen LogP contribution in [0.3, 0.4) is 0 Å². The van der Waals surface area contributed by atoms with Gasteiger partial charge in [0.15, 0.2) is 0 Å². The number of fused-ring (bicyclic) bond motifs is 3. The number of thiazole rings is 1. The van der Waals surface area contributed by atoms with E-state index in [4.69, 9.17) is 4.74 Å². The highest BCUT2D eigenvalue weighted by Gasteiger charge is 2.37. The lowest BCUT2D eigenvalue weighted by atomic mass is 9.90. The Hall–Kier alpha value is -2.36. The third kappa shape index (κ3) is 2.99. The van der Waals surface area contributed by atoms with E-state index in [0.717, 1.165) is 19.0 Å². The highest BCUT2D eigenvalue weighted by atomic mass is 32.1. The quantitative estimate of drug-likeness (QED) is 0.729. The summed E-state index contributed by atoms with van der Waals surface area (Å²) in [6, 6.07) is 2.06. The summed E-state index contributed by atoms with van der Waals surface area (Å²) < 4.78 is 21.2. The van der Waals surface area contributed by atoms with Crippen LogP contribution in [-0.4, -0.2) is 63.7 Å². The van der Waals surface area contributed by atoms with Crippen LogP contribution in [0.1, 0.15) is 23.2 Å². The lowest BCUT2D eigenvalue weighted by Crippen LogP contribution is -2.59. The van der Waals surface area contributed by atoms with Crippen molar-refractivity contribution in [1.29, 1.82) is 0 Å². The molecule has 2 aliphatic rings. The number of amides is 1. The molecule has 2 saturated heterocycles. The molecule has 0 radical (unpaired) electrons. The van der Waals surface area contributed by atoms with Crippen molar-refractivity contribution >= 4 is 28.3 Å². The summed E-state index contributed by atoms with van der Waals surface area (Å²) in [7, 11) is 2.12. The summed E-state index contributed by atoms with van der Waals surface area (Å²) in [5.41, 5.74) is 2.64. The number of nitrogens with zero attached hydrogens (tertiary/aromatic N) is 4. The van der Waals surface area contributed by atoms with E-state index in [2.05, 4.69) is 27.2 Å². The first-order valence-corrected chi connectivity index (χ1v) is 10.2. The number of piperidine rings is 1. The van der Waals surface area contributed by atoms with Gasteiger partial charge in [-0.1, -0.05) is 0 Å². The van der Waals surface area contributed by atoms with Gasteiger partial charge < -0.3 is 10.1 Å². The zero-order chi connectivity index (χ0) is 19.3. The summed E-state index contributed by atoms with van der Waals surface area (Å²) in [6.45, 7) is 1.38. The minimum Gasteiger partial charge on any atom is -0.378 e. The molecule has 0 saturated carbocycles. The van der Waals surface area contributed by atoms with E-state index in [1.165, 1.54) is 17.4 Å². The average molecular weight is 401 g/mol. The molecule has 2 unspecified atom stereocenters. The van der Waals surface area contributed by atoms with Crippen LogP contribution in [0.2, 0.25) is 0 Å². The average Bonchev–Trinajstić information content (AvgIpc) is 3.29. The van der Waals surface area contributed by atoms with Crippen LogP contribution in [0.4, 0.5) is 4.39 Å². The molecule has 9 heteroatoms. The van der Waals surface area contributed by atoms with Crippen molar-refractivity contribution in [3.05, 3.63) is 40.7 Å². The number of aromatic nitrogens is 3. The van der Waals surface area contributed by atoms with Gasteiger partial charge in [0.05, 0.1) is 30.5 Å². The number of hydrogen-bond acceptors (Lipinski definition) is 6. The summed E-state index contributed by atoms with van der Waals surface area (Å²) >= 11 is 1.45. The van der Waals surface area contributed by atoms with E-state index in [1.807, 2.05) is 5.38 Å². The largest absolute Gasteiger partial charge is 0.378 e. The van der Waals surface area contributed by atoms with Crippen molar-refractivity contribution in [2.75, 3.05) is 20.3 Å². The van der Waals surface area contributed by atoms with Crippen molar-refractivity contribution in [1.82, 2.24) is 24.8 Å². The van der Waals surface area contributed by atoms with Gasteiger partial charge in [0.25, 0.3) is 5.91 Å². The van der Waals surface area contributed by atoms with Crippen LogP contribution in [0.25, 0.3) is 16.9 Å². The third-order valence-corrected chi connectivity index (χ3v) is 6.32. The fourth-order valence-electron chi connectivity index (χ4n) is 4.24. The van der Waals surface area contributed by atoms with Gasteiger partial charge in [-0.25, -0.2) is 14.4 Å². The number of hydrogen-bond donors (Lipinski definition) is 1. The predicted molar refractivity (Wildman–Crippen MR) is 103 cm³/mol. The number of likely N-dealkylation sites (N-methyl/N-ethyl adjacent to an activating group) is 1. The fraction of sp³-hybridized carbons (Fsp3) is 0.421. The zero-order valence-corrected chi connectivity index (χ0v) is 16.2. The van der Waals surface area contributed by atoms with Crippen LogP contribution in [0.15, 0.2) is 29.4 Å². The van der Waals surface area contributed by atoms with E-state index >= 15 is 0 Å². The Balaban J connectivity index is 1.46. The monoisotopic (exact) mass is 401 g/mol. The van der Waals surface area contributed by atoms with Gasteiger partial charge in [-0.2, -0.15) is 0 Å². The second kappa shape index (κ2) is 6.91. The molecule has 146 valence electrons. The molecule has 0 aromatic carbocycles. The first-order chi connectivity index (χ1) is 13.6. The molecular formula is C19H20FN5O2S. The van der Waals surface area contributed by atoms with Crippen LogP contribution in [0.5, 0.6) is 0 Å². The van der Waals surface area contributed by atoms with Crippen LogP contribution in [0, 0.1) is 5.82 Å². The second-order valence-corrected chi connectivity index (χ2v) is 8.16. The Bertz CT molecular complexity index is 1010. The number of rotatable bonds is 3. The van der Waals surface area contributed by atoms with Crippen LogP contribution in [-0.2, 0) is 4.74 Å². The maximum absolute atomic E-state index is 13.9. The third-order valence-electron chi connectivity index (χ3n) is 5.74. The first-order valence-electron chi connectivity index (χ1n) is 9.26. The molecule has 3 aromatic rings. The highest BCUT2D eigenvalue weighted by molar-refractivity contribution is 7.07. The van der Waals surface area contributed by atoms with Gasteiger partial charge >= 0.3 is 0 Å². The van der Waals surface area contributed by atoms with Crippen molar-refractivity contribution < 1.29 is 13.9 Å². The highest BCUT2D eigenvalue weighted by Crippen LogP contribution is 2.28. The van der Waals surface area contributed by atoms with Crippen LogP contribution >= 0.6 is 11.3 Å². The maximum Gasteiger partial charge on any atom is 0.253 e. The van der Waals surface area contributed by atoms with E-state index in [0.29, 0.717) is 47.7 Å². The summed E-state index contributed by atoms with van der Waals surface area (Å²) in [5.74, 6) is -0.0115. The lowest BCUT2D eigenvalue weighted by Gasteiger charge is -2.46. The molecule has 0 spiro atoms. The normalized spacial score (nSPS) is 25.1. The Morgan fingerprint density at radius 1 is 1.32 bits per heavy atom. The van der Waals surface area contributed by atoms with Crippen molar-refractivity contribution in [3.8, 4) is 5.82 Å². The zero-order valence-electron chi connectivity index (χ0n) is 15.3. The van der Waals surface area contributed by atoms with E-state index in [-0.39, 0.29) is 11.9 Å². The smallest absolute Gasteiger partial charge is 0.253 e. The number of pyridine rings is 1. The van der Waals surface area contributed by atoms with Crippen molar-refractivity contribution in [2.45, 2.75) is 31.0 Å². The molecule has 7 nitrogen and oxygen atoms in total. The molecule has 5 rings (SSSR count). The molecular weight excluding hydrogens is 381 g/mol. The Labute approximate surface area is 165 Å². The van der Waals surface area contributed by atoms with Gasteiger partial charge in [-0.3, -0.25) is 14.3 Å². The molecule has 2 aliphatic heterocycles. The molecule has 5 heterocycles. The maximum atomic E-state index is 13.9. The predicted octanol–water partition coefficient (Wildman–Crippen LogP) is 2.21. The molecule has 1 N–H and O–H groups in total. The Morgan fingerprint density at radius 3 is 2.82 bits per heavy atom. The number of nitrogens with one attached hydrogen (secondary N) is 1. The standard InChI is InChI=1S/C19H20FN5O2S/c1-24-13-3-12(4-14(24)8-27-7-13)23-19(26)16-6-25(17-9-28-10-22-17)18-15(16)2-11(20)5-21-18/h2,5-6,9-10,12-14H,3-4,7-8H2,1H3,(H,23,26). The van der Waals surface area contributed by atoms with Gasteiger partial charge in [-0.05, 0) is 26.0 Å². The number of morpholine rings is 1. The van der Waals surface area contributed by atoms with Gasteiger partial charge in [0.1, 0.15) is 17.3 Å². The molecule has 28 heavy (non-hydrogen) atoms. The number of carbonyl (C=O) groups is 1. The Kier molecular flexibility index (Phi) is 4.37. The van der Waals surface area contributed by atoms with E-state index in [1.54, 1.807) is 16.3 Å². The Morgan fingerprint density at radius 2 is 2.11 bits per heavy atom. The lowest BCUT2D eigenvalue weighted by molar-refractivity contribution is -0.0670. The number of ether oxygens (including phenoxy) is 1. The van der Waals surface area contributed by atoms with Gasteiger partial charge in [0.2, 0.25) is 0 Å². The first kappa shape index (κ1) is 17.7. The number of carbonyl (C=O) groups excluding carboxylic acids is 1. The fourth-order valence-corrected chi connectivity index (χ4v) is 4.76. The molecule has 3 aromatic heterocycles. The van der Waals surface area contributed by atoms with E-state index in [9.17, 15) is 9.18 Å². The molecule has 2 atom stereocenters. The molecule has 0 aliphatic carbocycles. The van der Waals surface area contributed by atoms with Gasteiger partial charge in [-0.15, -0.1) is 11.3 Å².